The van der Waals surface area contributed by atoms with Gasteiger partial charge in [0.2, 0.25) is 0 Å². The van der Waals surface area contributed by atoms with Gasteiger partial charge in [0.15, 0.2) is 5.78 Å². The second kappa shape index (κ2) is 4.95. The van der Waals surface area contributed by atoms with E-state index in [1.165, 1.54) is 0 Å². The topological polar surface area (TPSA) is 40.9 Å². The molecule has 1 unspecified atom stereocenters. The molecule has 0 saturated carbocycles. The molecule has 0 saturated heterocycles. The summed E-state index contributed by atoms with van der Waals surface area (Å²) in [6.45, 7) is 3.67. The average Bonchev–Trinajstić information content (AvgIpc) is 2.23. The minimum atomic E-state index is -0.567. The van der Waals surface area contributed by atoms with Crippen molar-refractivity contribution in [3.8, 4) is 6.07 Å². The number of Topliss-reactive ketones (excluding diaryl/α,β-unsaturated/α-hetero) is 1. The Labute approximate surface area is 94.5 Å². The third kappa shape index (κ3) is 2.57. The molecular weight excluding hydrogens is 210 g/mol. The lowest BCUT2D eigenvalue weighted by Gasteiger charge is -2.08. The van der Waals surface area contributed by atoms with E-state index in [0.29, 0.717) is 17.0 Å². The van der Waals surface area contributed by atoms with Gasteiger partial charge in [-0.25, -0.2) is 0 Å². The van der Waals surface area contributed by atoms with Crippen molar-refractivity contribution in [1.82, 2.24) is 0 Å². The summed E-state index contributed by atoms with van der Waals surface area (Å²) < 4.78 is 0. The van der Waals surface area contributed by atoms with Gasteiger partial charge in [-0.15, -0.1) is 0 Å². The van der Waals surface area contributed by atoms with Crippen molar-refractivity contribution in [2.24, 2.45) is 5.92 Å². The molecule has 78 valence electrons. The SMILES string of the molecule is CCC(C#N)C(=O)c1cc(Cl)ccc1C. The molecule has 0 aliphatic rings. The van der Waals surface area contributed by atoms with Crippen LogP contribution in [0.25, 0.3) is 0 Å². The molecule has 15 heavy (non-hydrogen) atoms. The van der Waals surface area contributed by atoms with Gasteiger partial charge in [0.1, 0.15) is 5.92 Å². The van der Waals surface area contributed by atoms with E-state index in [1.807, 2.05) is 19.9 Å². The Balaban J connectivity index is 3.11. The summed E-state index contributed by atoms with van der Waals surface area (Å²) >= 11 is 5.82. The zero-order valence-corrected chi connectivity index (χ0v) is 9.51. The maximum absolute atomic E-state index is 11.9. The van der Waals surface area contributed by atoms with E-state index < -0.39 is 5.92 Å². The maximum Gasteiger partial charge on any atom is 0.180 e. The second-order valence-electron chi connectivity index (χ2n) is 3.41. The number of carbonyl (C=O) groups excluding carboxylic acids is 1. The van der Waals surface area contributed by atoms with E-state index in [9.17, 15) is 4.79 Å². The average molecular weight is 222 g/mol. The smallest absolute Gasteiger partial charge is 0.180 e. The largest absolute Gasteiger partial charge is 0.293 e. The number of hydrogen-bond acceptors (Lipinski definition) is 2. The molecule has 0 spiro atoms. The summed E-state index contributed by atoms with van der Waals surface area (Å²) in [6, 6.07) is 7.16. The third-order valence-corrected chi connectivity index (χ3v) is 2.58. The Kier molecular flexibility index (Phi) is 3.88. The Morgan fingerprint density at radius 1 is 1.60 bits per heavy atom. The van der Waals surface area contributed by atoms with Crippen LogP contribution in [0.4, 0.5) is 0 Å². The molecule has 1 atom stereocenters. The molecule has 0 radical (unpaired) electrons. The maximum atomic E-state index is 11.9. The molecular formula is C12H12ClNO. The van der Waals surface area contributed by atoms with Crippen LogP contribution in [0.3, 0.4) is 0 Å². The molecule has 0 aromatic heterocycles. The highest BCUT2D eigenvalue weighted by Crippen LogP contribution is 2.19. The minimum absolute atomic E-state index is 0.139. The number of nitriles is 1. The van der Waals surface area contributed by atoms with Crippen LogP contribution in [0.15, 0.2) is 18.2 Å². The van der Waals surface area contributed by atoms with Crippen LogP contribution in [0.2, 0.25) is 5.02 Å². The standard InChI is InChI=1S/C12H12ClNO/c1-3-9(7-14)12(15)11-6-10(13)5-4-8(11)2/h4-6,9H,3H2,1-2H3. The number of halogens is 1. The Bertz CT molecular complexity index is 420. The fourth-order valence-corrected chi connectivity index (χ4v) is 1.55. The van der Waals surface area contributed by atoms with Gasteiger partial charge in [0.25, 0.3) is 0 Å². The Morgan fingerprint density at radius 3 is 2.80 bits per heavy atom. The molecule has 0 amide bonds. The summed E-state index contributed by atoms with van der Waals surface area (Å²) in [5, 5.41) is 9.34. The number of benzene rings is 1. The summed E-state index contributed by atoms with van der Waals surface area (Å²) in [6.07, 6.45) is 0.529. The molecule has 0 aliphatic carbocycles. The number of carbonyl (C=O) groups is 1. The van der Waals surface area contributed by atoms with Gasteiger partial charge < -0.3 is 0 Å². The van der Waals surface area contributed by atoms with Crippen LogP contribution in [0.5, 0.6) is 0 Å². The van der Waals surface area contributed by atoms with Gasteiger partial charge in [-0.05, 0) is 31.0 Å². The first-order valence-electron chi connectivity index (χ1n) is 4.80. The van der Waals surface area contributed by atoms with E-state index in [2.05, 4.69) is 0 Å². The summed E-state index contributed by atoms with van der Waals surface area (Å²) in [4.78, 5) is 11.9. The Morgan fingerprint density at radius 2 is 2.27 bits per heavy atom. The highest BCUT2D eigenvalue weighted by Gasteiger charge is 2.19. The predicted octanol–water partition coefficient (Wildman–Crippen LogP) is 3.38. The van der Waals surface area contributed by atoms with Gasteiger partial charge in [-0.2, -0.15) is 5.26 Å². The van der Waals surface area contributed by atoms with Crippen molar-refractivity contribution in [2.75, 3.05) is 0 Å². The van der Waals surface area contributed by atoms with Gasteiger partial charge in [-0.1, -0.05) is 24.6 Å². The Hall–Kier alpha value is -1.33. The summed E-state index contributed by atoms with van der Waals surface area (Å²) in [7, 11) is 0. The van der Waals surface area contributed by atoms with Crippen LogP contribution in [-0.2, 0) is 0 Å². The monoisotopic (exact) mass is 221 g/mol. The first-order chi connectivity index (χ1) is 7.10. The minimum Gasteiger partial charge on any atom is -0.293 e. The van der Waals surface area contributed by atoms with Gasteiger partial charge in [-0.3, -0.25) is 4.79 Å². The van der Waals surface area contributed by atoms with Gasteiger partial charge in [0, 0.05) is 10.6 Å². The van der Waals surface area contributed by atoms with Gasteiger partial charge in [0.05, 0.1) is 6.07 Å². The molecule has 0 heterocycles. The normalized spacial score (nSPS) is 11.9. The van der Waals surface area contributed by atoms with E-state index >= 15 is 0 Å². The molecule has 0 fully saturated rings. The molecule has 1 rings (SSSR count). The molecule has 1 aromatic rings. The zero-order chi connectivity index (χ0) is 11.4. The highest BCUT2D eigenvalue weighted by molar-refractivity contribution is 6.31. The van der Waals surface area contributed by atoms with Crippen molar-refractivity contribution in [3.05, 3.63) is 34.3 Å². The highest BCUT2D eigenvalue weighted by atomic mass is 35.5. The van der Waals surface area contributed by atoms with Crippen molar-refractivity contribution < 1.29 is 4.79 Å². The van der Waals surface area contributed by atoms with Crippen LogP contribution in [0, 0.1) is 24.2 Å². The first kappa shape index (κ1) is 11.7. The number of rotatable bonds is 3. The van der Waals surface area contributed by atoms with Crippen LogP contribution in [0.1, 0.15) is 29.3 Å². The summed E-state index contributed by atoms with van der Waals surface area (Å²) in [5.74, 6) is -0.706. The lowest BCUT2D eigenvalue weighted by atomic mass is 9.94. The van der Waals surface area contributed by atoms with Crippen molar-refractivity contribution in [3.63, 3.8) is 0 Å². The lowest BCUT2D eigenvalue weighted by molar-refractivity contribution is 0.0946. The molecule has 2 nitrogen and oxygen atoms in total. The fourth-order valence-electron chi connectivity index (χ4n) is 1.38. The van der Waals surface area contributed by atoms with Crippen molar-refractivity contribution >= 4 is 17.4 Å². The zero-order valence-electron chi connectivity index (χ0n) is 8.75. The van der Waals surface area contributed by atoms with E-state index in [0.717, 1.165) is 5.56 Å². The molecule has 1 aromatic carbocycles. The van der Waals surface area contributed by atoms with Crippen LogP contribution < -0.4 is 0 Å². The van der Waals surface area contributed by atoms with E-state index in [4.69, 9.17) is 16.9 Å². The van der Waals surface area contributed by atoms with Gasteiger partial charge >= 0.3 is 0 Å². The number of aryl methyl sites for hydroxylation is 1. The van der Waals surface area contributed by atoms with Crippen molar-refractivity contribution in [2.45, 2.75) is 20.3 Å². The van der Waals surface area contributed by atoms with Crippen LogP contribution >= 0.6 is 11.6 Å². The molecule has 3 heteroatoms. The quantitative estimate of drug-likeness (QED) is 0.735. The molecule has 0 aliphatic heterocycles. The third-order valence-electron chi connectivity index (χ3n) is 2.35. The number of nitrogens with zero attached hydrogens (tertiary/aromatic N) is 1. The van der Waals surface area contributed by atoms with Crippen LogP contribution in [-0.4, -0.2) is 5.78 Å². The number of ketones is 1. The fraction of sp³-hybridized carbons (Fsp3) is 0.333. The van der Waals surface area contributed by atoms with E-state index in [-0.39, 0.29) is 5.78 Å². The van der Waals surface area contributed by atoms with E-state index in [1.54, 1.807) is 18.2 Å². The predicted molar refractivity (Wildman–Crippen MR) is 59.9 cm³/mol. The summed E-state index contributed by atoms with van der Waals surface area (Å²) in [5.41, 5.74) is 1.41. The first-order valence-corrected chi connectivity index (χ1v) is 5.18. The van der Waals surface area contributed by atoms with Crippen molar-refractivity contribution in [1.29, 1.82) is 5.26 Å². The molecule has 0 bridgehead atoms. The number of hydrogen-bond donors (Lipinski definition) is 0. The lowest BCUT2D eigenvalue weighted by Crippen LogP contribution is -2.13. The second-order valence-corrected chi connectivity index (χ2v) is 3.85. The molecule has 0 N–H and O–H groups in total.